The van der Waals surface area contributed by atoms with E-state index in [1.165, 1.54) is 61.2 Å². The Labute approximate surface area is 297 Å². The molecular formula is C49H33NO. The maximum absolute atomic E-state index is 6.81. The number of rotatable bonds is 2. The van der Waals surface area contributed by atoms with Crippen LogP contribution in [-0.4, -0.2) is 6.54 Å². The first kappa shape index (κ1) is 28.5. The topological polar surface area (TPSA) is 16.4 Å². The largest absolute Gasteiger partial charge is 0.454 e. The first-order valence-corrected chi connectivity index (χ1v) is 17.9. The number of para-hydroxylation sites is 2. The molecular weight excluding hydrogens is 619 g/mol. The van der Waals surface area contributed by atoms with Crippen LogP contribution in [0.2, 0.25) is 0 Å². The zero-order valence-corrected chi connectivity index (χ0v) is 28.0. The predicted molar refractivity (Wildman–Crippen MR) is 211 cm³/mol. The van der Waals surface area contributed by atoms with Crippen molar-refractivity contribution in [3.05, 3.63) is 204 Å². The summed E-state index contributed by atoms with van der Waals surface area (Å²) in [7, 11) is 0. The Kier molecular flexibility index (Phi) is 6.03. The van der Waals surface area contributed by atoms with Crippen molar-refractivity contribution >= 4 is 33.3 Å². The monoisotopic (exact) mass is 651 g/mol. The van der Waals surface area contributed by atoms with E-state index < -0.39 is 5.41 Å². The molecule has 3 aliphatic rings. The van der Waals surface area contributed by atoms with Crippen molar-refractivity contribution in [3.63, 3.8) is 0 Å². The average molecular weight is 652 g/mol. The maximum atomic E-state index is 6.81. The Hall–Kier alpha value is -6.38. The molecule has 11 rings (SSSR count). The predicted octanol–water partition coefficient (Wildman–Crippen LogP) is 12.4. The van der Waals surface area contributed by atoms with Gasteiger partial charge in [-0.05, 0) is 98.0 Å². The van der Waals surface area contributed by atoms with E-state index in [1.54, 1.807) is 0 Å². The SMILES string of the molecule is C1=CCc2c(-c3ccc4c(c3)C3(c5ccccc5-c5ccccc53)c3ccccc3-4)cc3c(oc4ccccc43)c2N(c2ccccc2)CC=C1. The number of benzene rings is 7. The molecule has 2 heteroatoms. The van der Waals surface area contributed by atoms with Gasteiger partial charge in [0.15, 0.2) is 5.58 Å². The highest BCUT2D eigenvalue weighted by atomic mass is 16.3. The fraction of sp³-hybridized carbons (Fsp3) is 0.0612. The van der Waals surface area contributed by atoms with E-state index in [4.69, 9.17) is 4.42 Å². The number of furan rings is 1. The fourth-order valence-corrected chi connectivity index (χ4v) is 9.34. The van der Waals surface area contributed by atoms with E-state index in [2.05, 4.69) is 181 Å². The smallest absolute Gasteiger partial charge is 0.159 e. The first-order valence-electron chi connectivity index (χ1n) is 17.9. The second-order valence-corrected chi connectivity index (χ2v) is 13.9. The summed E-state index contributed by atoms with van der Waals surface area (Å²) in [6.07, 6.45) is 9.66. The Morgan fingerprint density at radius 2 is 1.10 bits per heavy atom. The van der Waals surface area contributed by atoms with Gasteiger partial charge in [0, 0.05) is 23.0 Å². The molecule has 2 aliphatic carbocycles. The molecule has 2 heterocycles. The molecule has 0 radical (unpaired) electrons. The van der Waals surface area contributed by atoms with E-state index >= 15 is 0 Å². The molecule has 8 aromatic rings. The molecule has 1 aromatic heterocycles. The van der Waals surface area contributed by atoms with E-state index in [9.17, 15) is 0 Å². The third-order valence-electron chi connectivity index (χ3n) is 11.4. The van der Waals surface area contributed by atoms with Gasteiger partial charge >= 0.3 is 0 Å². The lowest BCUT2D eigenvalue weighted by Crippen LogP contribution is -2.25. The number of allylic oxidation sites excluding steroid dienone is 3. The van der Waals surface area contributed by atoms with Crippen LogP contribution in [0.25, 0.3) is 55.3 Å². The van der Waals surface area contributed by atoms with Crippen LogP contribution < -0.4 is 4.90 Å². The number of hydrogen-bond donors (Lipinski definition) is 0. The first-order chi connectivity index (χ1) is 25.3. The zero-order valence-electron chi connectivity index (χ0n) is 28.0. The molecule has 1 aliphatic heterocycles. The molecule has 0 N–H and O–H groups in total. The van der Waals surface area contributed by atoms with Crippen molar-refractivity contribution in [3.8, 4) is 33.4 Å². The van der Waals surface area contributed by atoms with Crippen LogP contribution in [0.15, 0.2) is 180 Å². The molecule has 0 bridgehead atoms. The molecule has 7 aromatic carbocycles. The van der Waals surface area contributed by atoms with Crippen LogP contribution >= 0.6 is 0 Å². The summed E-state index contributed by atoms with van der Waals surface area (Å²) in [6.45, 7) is 0.729. The minimum atomic E-state index is -0.395. The lowest BCUT2D eigenvalue weighted by Gasteiger charge is -2.31. The minimum absolute atomic E-state index is 0.395. The Balaban J connectivity index is 1.24. The van der Waals surface area contributed by atoms with Gasteiger partial charge in [0.25, 0.3) is 0 Å². The fourth-order valence-electron chi connectivity index (χ4n) is 9.34. The van der Waals surface area contributed by atoms with Crippen molar-refractivity contribution in [1.82, 2.24) is 0 Å². The van der Waals surface area contributed by atoms with E-state index in [1.807, 2.05) is 0 Å². The van der Waals surface area contributed by atoms with Crippen molar-refractivity contribution in [2.24, 2.45) is 0 Å². The second kappa shape index (κ2) is 10.8. The summed E-state index contributed by atoms with van der Waals surface area (Å²) in [6, 6.07) is 56.0. The molecule has 0 saturated carbocycles. The third kappa shape index (κ3) is 3.88. The van der Waals surface area contributed by atoms with Gasteiger partial charge < -0.3 is 9.32 Å². The van der Waals surface area contributed by atoms with E-state index in [0.717, 1.165) is 46.3 Å². The van der Waals surface area contributed by atoms with Gasteiger partial charge in [-0.1, -0.05) is 146 Å². The quantitative estimate of drug-likeness (QED) is 0.185. The van der Waals surface area contributed by atoms with Gasteiger partial charge in [-0.15, -0.1) is 0 Å². The van der Waals surface area contributed by atoms with Gasteiger partial charge in [0.05, 0.1) is 11.1 Å². The summed E-state index contributed by atoms with van der Waals surface area (Å²) < 4.78 is 6.81. The van der Waals surface area contributed by atoms with Crippen LogP contribution in [0.4, 0.5) is 11.4 Å². The highest BCUT2D eigenvalue weighted by molar-refractivity contribution is 6.12. The lowest BCUT2D eigenvalue weighted by atomic mass is 9.70. The van der Waals surface area contributed by atoms with Crippen LogP contribution in [-0.2, 0) is 11.8 Å². The number of fused-ring (bicyclic) bond motifs is 15. The Morgan fingerprint density at radius 1 is 0.490 bits per heavy atom. The molecule has 0 fully saturated rings. The van der Waals surface area contributed by atoms with Gasteiger partial charge in [-0.2, -0.15) is 0 Å². The molecule has 0 unspecified atom stereocenters. The molecule has 0 saturated heterocycles. The average Bonchev–Trinajstić information content (AvgIpc) is 3.84. The number of nitrogens with zero attached hydrogens (tertiary/aromatic N) is 1. The molecule has 240 valence electrons. The van der Waals surface area contributed by atoms with Gasteiger partial charge in [0.2, 0.25) is 0 Å². The van der Waals surface area contributed by atoms with Crippen LogP contribution in [0.1, 0.15) is 27.8 Å². The number of hydrogen-bond acceptors (Lipinski definition) is 2. The molecule has 1 spiro atoms. The molecule has 2 nitrogen and oxygen atoms in total. The summed E-state index contributed by atoms with van der Waals surface area (Å²) in [5.74, 6) is 0. The lowest BCUT2D eigenvalue weighted by molar-refractivity contribution is 0.667. The third-order valence-corrected chi connectivity index (χ3v) is 11.4. The Morgan fingerprint density at radius 3 is 1.82 bits per heavy atom. The summed E-state index contributed by atoms with van der Waals surface area (Å²) in [5.41, 5.74) is 18.2. The normalized spacial score (nSPS) is 14.9. The molecule has 51 heavy (non-hydrogen) atoms. The summed E-state index contributed by atoms with van der Waals surface area (Å²) >= 11 is 0. The van der Waals surface area contributed by atoms with E-state index in [-0.39, 0.29) is 0 Å². The van der Waals surface area contributed by atoms with E-state index in [0.29, 0.717) is 0 Å². The van der Waals surface area contributed by atoms with Crippen molar-refractivity contribution in [1.29, 1.82) is 0 Å². The number of anilines is 2. The summed E-state index contributed by atoms with van der Waals surface area (Å²) in [5, 5.41) is 2.28. The summed E-state index contributed by atoms with van der Waals surface area (Å²) in [4.78, 5) is 2.43. The van der Waals surface area contributed by atoms with Gasteiger partial charge in [-0.25, -0.2) is 0 Å². The highest BCUT2D eigenvalue weighted by Crippen LogP contribution is 2.63. The Bertz CT molecular complexity index is 2700. The minimum Gasteiger partial charge on any atom is -0.454 e. The van der Waals surface area contributed by atoms with Crippen molar-refractivity contribution < 1.29 is 4.42 Å². The standard InChI is InChI=1S/C49H33NO/c1-2-15-29-50(33-16-4-3-5-17-33)47-39(22-6-1)40(31-41-38-21-10-14-26-46(38)51-48(41)47)32-27-28-37-36-20-9-13-25-44(36)49(45(37)30-32)42-23-11-7-18-34(42)35-19-8-12-24-43(35)49/h1-21,23-28,30-31H,22,29H2. The van der Waals surface area contributed by atoms with Crippen LogP contribution in [0.3, 0.4) is 0 Å². The van der Waals surface area contributed by atoms with Crippen molar-refractivity contribution in [2.45, 2.75) is 11.8 Å². The van der Waals surface area contributed by atoms with Gasteiger partial charge in [0.1, 0.15) is 5.58 Å². The van der Waals surface area contributed by atoms with Crippen molar-refractivity contribution in [2.75, 3.05) is 11.4 Å². The second-order valence-electron chi connectivity index (χ2n) is 13.9. The zero-order chi connectivity index (χ0) is 33.5. The molecule has 0 atom stereocenters. The van der Waals surface area contributed by atoms with Gasteiger partial charge in [-0.3, -0.25) is 0 Å². The highest BCUT2D eigenvalue weighted by Gasteiger charge is 2.51. The van der Waals surface area contributed by atoms with Crippen LogP contribution in [0.5, 0.6) is 0 Å². The molecule has 0 amide bonds. The maximum Gasteiger partial charge on any atom is 0.159 e. The van der Waals surface area contributed by atoms with Crippen LogP contribution in [0, 0.1) is 0 Å².